The molecule has 1 N–H and O–H groups in total. The van der Waals surface area contributed by atoms with Gasteiger partial charge in [0.05, 0.1) is 12.3 Å². The van der Waals surface area contributed by atoms with Crippen molar-refractivity contribution in [3.8, 4) is 12.3 Å². The first-order valence-electron chi connectivity index (χ1n) is 4.05. The number of rotatable bonds is 4. The topological polar surface area (TPSA) is 25.2 Å². The standard InChI is InChI=1S/C10H13NO/c1-3-4-7-11-9(2)10-6-5-8-12-10/h1,5-6,8-9,11H,4,7H2,2H3/t9-/m0/s1. The fraction of sp³-hybridized carbons (Fsp3) is 0.400. The summed E-state index contributed by atoms with van der Waals surface area (Å²) in [5.74, 6) is 3.53. The maximum atomic E-state index is 5.21. The second-order valence-electron chi connectivity index (χ2n) is 2.65. The van der Waals surface area contributed by atoms with Crippen LogP contribution in [0, 0.1) is 12.3 Å². The summed E-state index contributed by atoms with van der Waals surface area (Å²) >= 11 is 0. The van der Waals surface area contributed by atoms with Gasteiger partial charge in [-0.25, -0.2) is 0 Å². The Morgan fingerprint density at radius 1 is 1.75 bits per heavy atom. The Morgan fingerprint density at radius 2 is 2.58 bits per heavy atom. The highest BCUT2D eigenvalue weighted by Crippen LogP contribution is 2.11. The van der Waals surface area contributed by atoms with Gasteiger partial charge in [-0.05, 0) is 19.1 Å². The van der Waals surface area contributed by atoms with E-state index in [0.717, 1.165) is 18.7 Å². The molecule has 0 aliphatic heterocycles. The molecular formula is C10H13NO. The summed E-state index contributed by atoms with van der Waals surface area (Å²) in [5, 5.41) is 3.25. The van der Waals surface area contributed by atoms with Crippen LogP contribution in [0.25, 0.3) is 0 Å². The molecular weight excluding hydrogens is 150 g/mol. The second kappa shape index (κ2) is 4.63. The largest absolute Gasteiger partial charge is 0.468 e. The molecule has 0 amide bonds. The molecule has 0 aliphatic carbocycles. The molecule has 0 saturated carbocycles. The van der Waals surface area contributed by atoms with Gasteiger partial charge >= 0.3 is 0 Å². The van der Waals surface area contributed by atoms with Gasteiger partial charge in [-0.15, -0.1) is 12.3 Å². The minimum absolute atomic E-state index is 0.244. The molecule has 12 heavy (non-hydrogen) atoms. The lowest BCUT2D eigenvalue weighted by Crippen LogP contribution is -2.18. The van der Waals surface area contributed by atoms with Crippen LogP contribution < -0.4 is 5.32 Å². The SMILES string of the molecule is C#CCCN[C@@H](C)c1ccco1. The van der Waals surface area contributed by atoms with E-state index in [1.807, 2.05) is 12.1 Å². The zero-order valence-electron chi connectivity index (χ0n) is 7.21. The van der Waals surface area contributed by atoms with Gasteiger partial charge in [-0.2, -0.15) is 0 Å². The number of hydrogen-bond acceptors (Lipinski definition) is 2. The van der Waals surface area contributed by atoms with Crippen molar-refractivity contribution in [2.24, 2.45) is 0 Å². The summed E-state index contributed by atoms with van der Waals surface area (Å²) in [6.45, 7) is 2.88. The van der Waals surface area contributed by atoms with E-state index < -0.39 is 0 Å². The molecule has 2 heteroatoms. The maximum absolute atomic E-state index is 5.21. The van der Waals surface area contributed by atoms with Crippen LogP contribution in [-0.2, 0) is 0 Å². The number of hydrogen-bond donors (Lipinski definition) is 1. The molecule has 0 fully saturated rings. The van der Waals surface area contributed by atoms with Crippen molar-refractivity contribution in [3.63, 3.8) is 0 Å². The van der Waals surface area contributed by atoms with Gasteiger partial charge in [-0.3, -0.25) is 0 Å². The van der Waals surface area contributed by atoms with E-state index in [-0.39, 0.29) is 6.04 Å². The Labute approximate surface area is 73.0 Å². The van der Waals surface area contributed by atoms with Gasteiger partial charge in [0.1, 0.15) is 5.76 Å². The summed E-state index contributed by atoms with van der Waals surface area (Å²) in [6, 6.07) is 4.08. The zero-order chi connectivity index (χ0) is 8.81. The predicted octanol–water partition coefficient (Wildman–Crippen LogP) is 1.95. The van der Waals surface area contributed by atoms with Crippen LogP contribution in [0.2, 0.25) is 0 Å². The lowest BCUT2D eigenvalue weighted by atomic mass is 10.2. The first kappa shape index (κ1) is 8.89. The van der Waals surface area contributed by atoms with Crippen LogP contribution in [0.15, 0.2) is 22.8 Å². The molecule has 0 spiro atoms. The molecule has 1 atom stereocenters. The van der Waals surface area contributed by atoms with Gasteiger partial charge in [0, 0.05) is 13.0 Å². The molecule has 1 heterocycles. The first-order valence-corrected chi connectivity index (χ1v) is 4.05. The van der Waals surface area contributed by atoms with E-state index >= 15 is 0 Å². The van der Waals surface area contributed by atoms with Crippen molar-refractivity contribution in [3.05, 3.63) is 24.2 Å². The van der Waals surface area contributed by atoms with E-state index in [4.69, 9.17) is 10.8 Å². The van der Waals surface area contributed by atoms with Gasteiger partial charge in [0.15, 0.2) is 0 Å². The Balaban J connectivity index is 2.30. The van der Waals surface area contributed by atoms with Crippen molar-refractivity contribution < 1.29 is 4.42 Å². The van der Waals surface area contributed by atoms with Crippen LogP contribution >= 0.6 is 0 Å². The molecule has 0 bridgehead atoms. The van der Waals surface area contributed by atoms with Crippen LogP contribution in [0.1, 0.15) is 25.1 Å². The Hall–Kier alpha value is -1.20. The fourth-order valence-corrected chi connectivity index (χ4v) is 0.999. The van der Waals surface area contributed by atoms with Crippen molar-refractivity contribution in [1.29, 1.82) is 0 Å². The molecule has 1 aromatic heterocycles. The molecule has 0 aliphatic rings. The van der Waals surface area contributed by atoms with Crippen LogP contribution in [0.5, 0.6) is 0 Å². The molecule has 0 unspecified atom stereocenters. The third-order valence-electron chi connectivity index (χ3n) is 1.69. The lowest BCUT2D eigenvalue weighted by molar-refractivity contribution is 0.434. The Morgan fingerprint density at radius 3 is 3.17 bits per heavy atom. The number of terminal acetylenes is 1. The molecule has 0 radical (unpaired) electrons. The summed E-state index contributed by atoms with van der Waals surface area (Å²) < 4.78 is 5.21. The molecule has 64 valence electrons. The van der Waals surface area contributed by atoms with Gasteiger partial charge < -0.3 is 9.73 Å². The predicted molar refractivity (Wildman–Crippen MR) is 48.6 cm³/mol. The summed E-state index contributed by atoms with van der Waals surface area (Å²) in [6.07, 6.45) is 7.55. The van der Waals surface area contributed by atoms with E-state index in [0.29, 0.717) is 0 Å². The van der Waals surface area contributed by atoms with Gasteiger partial charge in [0.25, 0.3) is 0 Å². The number of nitrogens with one attached hydrogen (secondary N) is 1. The van der Waals surface area contributed by atoms with E-state index in [1.54, 1.807) is 6.26 Å². The maximum Gasteiger partial charge on any atom is 0.120 e. The first-order chi connectivity index (χ1) is 5.84. The number of furan rings is 1. The lowest BCUT2D eigenvalue weighted by Gasteiger charge is -2.08. The summed E-state index contributed by atoms with van der Waals surface area (Å²) in [5.41, 5.74) is 0. The smallest absolute Gasteiger partial charge is 0.120 e. The highest BCUT2D eigenvalue weighted by Gasteiger charge is 2.05. The van der Waals surface area contributed by atoms with Crippen molar-refractivity contribution in [2.75, 3.05) is 6.54 Å². The zero-order valence-corrected chi connectivity index (χ0v) is 7.21. The monoisotopic (exact) mass is 163 g/mol. The molecule has 1 aromatic rings. The average Bonchev–Trinajstić information content (AvgIpc) is 2.56. The Bertz CT molecular complexity index is 245. The van der Waals surface area contributed by atoms with Crippen molar-refractivity contribution in [2.45, 2.75) is 19.4 Å². The second-order valence-corrected chi connectivity index (χ2v) is 2.65. The van der Waals surface area contributed by atoms with E-state index in [9.17, 15) is 0 Å². The Kier molecular flexibility index (Phi) is 3.43. The minimum Gasteiger partial charge on any atom is -0.468 e. The summed E-state index contributed by atoms with van der Waals surface area (Å²) in [4.78, 5) is 0. The van der Waals surface area contributed by atoms with Gasteiger partial charge in [0.2, 0.25) is 0 Å². The van der Waals surface area contributed by atoms with Crippen LogP contribution in [-0.4, -0.2) is 6.54 Å². The molecule has 0 saturated heterocycles. The van der Waals surface area contributed by atoms with Crippen LogP contribution in [0.3, 0.4) is 0 Å². The highest BCUT2D eigenvalue weighted by molar-refractivity contribution is 5.03. The third-order valence-corrected chi connectivity index (χ3v) is 1.69. The normalized spacial score (nSPS) is 12.3. The summed E-state index contributed by atoms with van der Waals surface area (Å²) in [7, 11) is 0. The van der Waals surface area contributed by atoms with Gasteiger partial charge in [-0.1, -0.05) is 0 Å². The minimum atomic E-state index is 0.244. The highest BCUT2D eigenvalue weighted by atomic mass is 16.3. The molecule has 2 nitrogen and oxygen atoms in total. The van der Waals surface area contributed by atoms with Crippen molar-refractivity contribution in [1.82, 2.24) is 5.32 Å². The molecule has 0 aromatic carbocycles. The van der Waals surface area contributed by atoms with Crippen LogP contribution in [0.4, 0.5) is 0 Å². The quantitative estimate of drug-likeness (QED) is 0.542. The average molecular weight is 163 g/mol. The fourth-order valence-electron chi connectivity index (χ4n) is 0.999. The van der Waals surface area contributed by atoms with E-state index in [2.05, 4.69) is 18.2 Å². The molecule has 1 rings (SSSR count). The van der Waals surface area contributed by atoms with Crippen molar-refractivity contribution >= 4 is 0 Å². The van der Waals surface area contributed by atoms with E-state index in [1.165, 1.54) is 0 Å². The third kappa shape index (κ3) is 2.44.